The molecule has 1 saturated heterocycles. The quantitative estimate of drug-likeness (QED) is 0.907. The number of aryl methyl sites for hydroxylation is 2. The molecule has 0 aliphatic carbocycles. The van der Waals surface area contributed by atoms with Crippen LogP contribution in [0.25, 0.3) is 0 Å². The highest BCUT2D eigenvalue weighted by atomic mass is 79.9. The predicted molar refractivity (Wildman–Crippen MR) is 75.6 cm³/mol. The average Bonchev–Trinajstić information content (AvgIpc) is 2.96. The van der Waals surface area contributed by atoms with Gasteiger partial charge in [-0.3, -0.25) is 4.68 Å². The van der Waals surface area contributed by atoms with Gasteiger partial charge in [-0.1, -0.05) is 6.92 Å². The van der Waals surface area contributed by atoms with Crippen LogP contribution in [0.15, 0.2) is 4.47 Å². The zero-order chi connectivity index (χ0) is 13.1. The summed E-state index contributed by atoms with van der Waals surface area (Å²) in [5.74, 6) is 0. The lowest BCUT2D eigenvalue weighted by molar-refractivity contribution is 0.0829. The number of nitrogens with one attached hydrogen (secondary N) is 1. The fourth-order valence-electron chi connectivity index (χ4n) is 2.40. The van der Waals surface area contributed by atoms with Gasteiger partial charge in [0.25, 0.3) is 0 Å². The van der Waals surface area contributed by atoms with E-state index in [0.29, 0.717) is 12.1 Å². The molecule has 0 amide bonds. The number of nitrogens with zero attached hydrogens (tertiary/aromatic N) is 2. The van der Waals surface area contributed by atoms with Crippen LogP contribution in [0.3, 0.4) is 0 Å². The Labute approximate surface area is 117 Å². The molecule has 0 aromatic carbocycles. The molecule has 102 valence electrons. The van der Waals surface area contributed by atoms with Crippen molar-refractivity contribution in [3.63, 3.8) is 0 Å². The Hall–Kier alpha value is -0.390. The standard InChI is InChI=1S/C13H22BrN3O/c1-4-10-13(14)11(17(3)16-10)8-15-9(2)12-6-5-7-18-12/h9,12,15H,4-8H2,1-3H3. The van der Waals surface area contributed by atoms with Crippen LogP contribution in [-0.2, 0) is 24.8 Å². The predicted octanol–water partition coefficient (Wildman–Crippen LogP) is 2.40. The Morgan fingerprint density at radius 3 is 2.94 bits per heavy atom. The van der Waals surface area contributed by atoms with Gasteiger partial charge >= 0.3 is 0 Å². The van der Waals surface area contributed by atoms with Crippen molar-refractivity contribution in [2.24, 2.45) is 7.05 Å². The van der Waals surface area contributed by atoms with Gasteiger partial charge in [-0.05, 0) is 42.1 Å². The average molecular weight is 316 g/mol. The molecule has 0 radical (unpaired) electrons. The van der Waals surface area contributed by atoms with E-state index in [0.717, 1.165) is 29.7 Å². The van der Waals surface area contributed by atoms with Crippen molar-refractivity contribution < 1.29 is 4.74 Å². The summed E-state index contributed by atoms with van der Waals surface area (Å²) in [5.41, 5.74) is 2.33. The van der Waals surface area contributed by atoms with Crippen molar-refractivity contribution in [2.45, 2.75) is 51.8 Å². The van der Waals surface area contributed by atoms with E-state index in [2.05, 4.69) is 40.2 Å². The largest absolute Gasteiger partial charge is 0.377 e. The van der Waals surface area contributed by atoms with E-state index in [4.69, 9.17) is 4.74 Å². The third-order valence-corrected chi connectivity index (χ3v) is 4.53. The molecule has 0 spiro atoms. The van der Waals surface area contributed by atoms with Crippen LogP contribution in [0, 0.1) is 0 Å². The normalized spacial score (nSPS) is 21.4. The molecule has 2 unspecified atom stereocenters. The SMILES string of the molecule is CCc1nn(C)c(CNC(C)C2CCCO2)c1Br. The Morgan fingerprint density at radius 2 is 2.39 bits per heavy atom. The maximum atomic E-state index is 5.69. The van der Waals surface area contributed by atoms with E-state index in [1.807, 2.05) is 11.7 Å². The molecule has 2 heterocycles. The number of aromatic nitrogens is 2. The number of halogens is 1. The number of rotatable bonds is 5. The first-order chi connectivity index (χ1) is 8.63. The molecule has 1 fully saturated rings. The molecule has 1 N–H and O–H groups in total. The zero-order valence-corrected chi connectivity index (χ0v) is 13.0. The van der Waals surface area contributed by atoms with Crippen LogP contribution >= 0.6 is 15.9 Å². The van der Waals surface area contributed by atoms with Crippen molar-refractivity contribution in [3.05, 3.63) is 15.9 Å². The second-order valence-corrected chi connectivity index (χ2v) is 5.70. The Kier molecular flexibility index (Phi) is 4.81. The van der Waals surface area contributed by atoms with Gasteiger partial charge in [-0.15, -0.1) is 0 Å². The fraction of sp³-hybridized carbons (Fsp3) is 0.769. The molecule has 2 rings (SSSR count). The number of hydrogen-bond donors (Lipinski definition) is 1. The molecule has 1 aromatic rings. The summed E-state index contributed by atoms with van der Waals surface area (Å²) in [6, 6.07) is 0.388. The molecule has 1 aromatic heterocycles. The molecular weight excluding hydrogens is 294 g/mol. The van der Waals surface area contributed by atoms with E-state index >= 15 is 0 Å². The summed E-state index contributed by atoms with van der Waals surface area (Å²) in [6.07, 6.45) is 3.67. The van der Waals surface area contributed by atoms with Crippen LogP contribution in [0.2, 0.25) is 0 Å². The van der Waals surface area contributed by atoms with Crippen LogP contribution in [0.4, 0.5) is 0 Å². The number of hydrogen-bond acceptors (Lipinski definition) is 3. The highest BCUT2D eigenvalue weighted by Gasteiger charge is 2.22. The zero-order valence-electron chi connectivity index (χ0n) is 11.4. The van der Waals surface area contributed by atoms with E-state index in [1.54, 1.807) is 0 Å². The van der Waals surface area contributed by atoms with Crippen LogP contribution in [-0.4, -0.2) is 28.5 Å². The second kappa shape index (κ2) is 6.17. The van der Waals surface area contributed by atoms with Crippen molar-refractivity contribution in [3.8, 4) is 0 Å². The smallest absolute Gasteiger partial charge is 0.0767 e. The topological polar surface area (TPSA) is 39.1 Å². The van der Waals surface area contributed by atoms with Gasteiger partial charge in [-0.2, -0.15) is 5.10 Å². The Balaban J connectivity index is 1.95. The minimum absolute atomic E-state index is 0.364. The Bertz CT molecular complexity index is 399. The molecule has 1 aliphatic rings. The first-order valence-electron chi connectivity index (χ1n) is 6.68. The number of ether oxygens (including phenoxy) is 1. The van der Waals surface area contributed by atoms with E-state index in [9.17, 15) is 0 Å². The highest BCUT2D eigenvalue weighted by Crippen LogP contribution is 2.22. The van der Waals surface area contributed by atoms with E-state index in [1.165, 1.54) is 18.5 Å². The van der Waals surface area contributed by atoms with Gasteiger partial charge in [-0.25, -0.2) is 0 Å². The van der Waals surface area contributed by atoms with Gasteiger partial charge in [0.15, 0.2) is 0 Å². The third-order valence-electron chi connectivity index (χ3n) is 3.62. The minimum atomic E-state index is 0.364. The van der Waals surface area contributed by atoms with Crippen LogP contribution in [0.1, 0.15) is 38.1 Å². The monoisotopic (exact) mass is 315 g/mol. The molecule has 5 heteroatoms. The van der Waals surface area contributed by atoms with Crippen molar-refractivity contribution in [2.75, 3.05) is 6.61 Å². The van der Waals surface area contributed by atoms with Gasteiger partial charge in [0.1, 0.15) is 0 Å². The molecule has 0 bridgehead atoms. The molecule has 0 saturated carbocycles. The van der Waals surface area contributed by atoms with E-state index in [-0.39, 0.29) is 0 Å². The Morgan fingerprint density at radius 1 is 1.61 bits per heavy atom. The summed E-state index contributed by atoms with van der Waals surface area (Å²) in [5, 5.41) is 8.05. The van der Waals surface area contributed by atoms with Crippen LogP contribution in [0.5, 0.6) is 0 Å². The summed E-state index contributed by atoms with van der Waals surface area (Å²) >= 11 is 3.64. The van der Waals surface area contributed by atoms with Crippen LogP contribution < -0.4 is 5.32 Å². The first kappa shape index (κ1) is 14.0. The third kappa shape index (κ3) is 2.95. The molecule has 4 nitrogen and oxygen atoms in total. The van der Waals surface area contributed by atoms with Gasteiger partial charge in [0, 0.05) is 26.2 Å². The lowest BCUT2D eigenvalue weighted by atomic mass is 10.1. The summed E-state index contributed by atoms with van der Waals surface area (Å²) < 4.78 is 8.79. The fourth-order valence-corrected chi connectivity index (χ4v) is 3.15. The molecule has 18 heavy (non-hydrogen) atoms. The molecule has 2 atom stereocenters. The summed E-state index contributed by atoms with van der Waals surface area (Å²) in [4.78, 5) is 0. The highest BCUT2D eigenvalue weighted by molar-refractivity contribution is 9.10. The summed E-state index contributed by atoms with van der Waals surface area (Å²) in [7, 11) is 2.00. The molecule has 1 aliphatic heterocycles. The van der Waals surface area contributed by atoms with Gasteiger partial charge in [0.05, 0.1) is 22.0 Å². The molecular formula is C13H22BrN3O. The van der Waals surface area contributed by atoms with Crippen molar-refractivity contribution in [1.29, 1.82) is 0 Å². The maximum Gasteiger partial charge on any atom is 0.0767 e. The lowest BCUT2D eigenvalue weighted by Gasteiger charge is -2.20. The van der Waals surface area contributed by atoms with Gasteiger partial charge < -0.3 is 10.1 Å². The summed E-state index contributed by atoms with van der Waals surface area (Å²) in [6.45, 7) is 6.05. The second-order valence-electron chi connectivity index (χ2n) is 4.91. The maximum absolute atomic E-state index is 5.69. The van der Waals surface area contributed by atoms with Crippen molar-refractivity contribution in [1.82, 2.24) is 15.1 Å². The minimum Gasteiger partial charge on any atom is -0.377 e. The van der Waals surface area contributed by atoms with Gasteiger partial charge in [0.2, 0.25) is 0 Å². The van der Waals surface area contributed by atoms with E-state index < -0.39 is 0 Å². The van der Waals surface area contributed by atoms with Crippen molar-refractivity contribution >= 4 is 15.9 Å². The lowest BCUT2D eigenvalue weighted by Crippen LogP contribution is -2.36. The first-order valence-corrected chi connectivity index (χ1v) is 7.48.